The third kappa shape index (κ3) is 2.75. The average Bonchev–Trinajstić information content (AvgIpc) is 2.23. The highest BCUT2D eigenvalue weighted by Crippen LogP contribution is 2.43. The fraction of sp³-hybridized carbons (Fsp3) is 0.917. The van der Waals surface area contributed by atoms with Crippen LogP contribution in [-0.4, -0.2) is 50.2 Å². The van der Waals surface area contributed by atoms with E-state index in [9.17, 15) is 4.79 Å². The van der Waals surface area contributed by atoms with Gasteiger partial charge < -0.3 is 15.0 Å². The summed E-state index contributed by atoms with van der Waals surface area (Å²) >= 11 is 0. The van der Waals surface area contributed by atoms with Crippen LogP contribution in [-0.2, 0) is 9.53 Å². The van der Waals surface area contributed by atoms with Crippen molar-refractivity contribution < 1.29 is 9.53 Å². The number of hydrogen-bond donors (Lipinski definition) is 1. The van der Waals surface area contributed by atoms with E-state index in [1.165, 1.54) is 0 Å². The first kappa shape index (κ1) is 14.7. The molecule has 1 aliphatic carbocycles. The second kappa shape index (κ2) is 6.03. The van der Waals surface area contributed by atoms with Gasteiger partial charge in [-0.1, -0.05) is 6.42 Å². The molecule has 0 radical (unpaired) electrons. The lowest BCUT2D eigenvalue weighted by Crippen LogP contribution is -2.59. The van der Waals surface area contributed by atoms with Crippen molar-refractivity contribution in [2.24, 2.45) is 5.41 Å². The number of nitrogens with zero attached hydrogens (tertiary/aromatic N) is 1. The zero-order valence-electron chi connectivity index (χ0n) is 10.7. The van der Waals surface area contributed by atoms with Crippen LogP contribution < -0.4 is 5.32 Å². The highest BCUT2D eigenvalue weighted by molar-refractivity contribution is 5.85. The van der Waals surface area contributed by atoms with Crippen LogP contribution in [0.2, 0.25) is 0 Å². The van der Waals surface area contributed by atoms with Crippen LogP contribution in [0.4, 0.5) is 0 Å². The standard InChI is InChI=1S/C12H22N2O2.ClH/c1-10-8-13-6-7-14(10)11(15)12(9-16-2)4-3-5-12;/h10,13H,3-9H2,1-2H3;1H. The molecule has 1 unspecified atom stereocenters. The molecule has 5 heteroatoms. The van der Waals surface area contributed by atoms with Crippen LogP contribution in [0.5, 0.6) is 0 Å². The van der Waals surface area contributed by atoms with Crippen molar-refractivity contribution in [3.63, 3.8) is 0 Å². The second-order valence-electron chi connectivity index (χ2n) is 5.12. The van der Waals surface area contributed by atoms with Crippen LogP contribution in [0.1, 0.15) is 26.2 Å². The van der Waals surface area contributed by atoms with E-state index in [2.05, 4.69) is 12.2 Å². The molecule has 1 amide bonds. The van der Waals surface area contributed by atoms with Gasteiger partial charge in [0.2, 0.25) is 5.91 Å². The summed E-state index contributed by atoms with van der Waals surface area (Å²) in [5.41, 5.74) is -0.194. The van der Waals surface area contributed by atoms with E-state index in [1.807, 2.05) is 4.90 Å². The summed E-state index contributed by atoms with van der Waals surface area (Å²) in [6.07, 6.45) is 3.15. The maximum absolute atomic E-state index is 12.5. The number of methoxy groups -OCH3 is 1. The van der Waals surface area contributed by atoms with Crippen LogP contribution in [0.15, 0.2) is 0 Å². The molecule has 17 heavy (non-hydrogen) atoms. The van der Waals surface area contributed by atoms with E-state index in [0.29, 0.717) is 18.6 Å². The van der Waals surface area contributed by atoms with Gasteiger partial charge in [-0.05, 0) is 19.8 Å². The normalized spacial score (nSPS) is 26.9. The van der Waals surface area contributed by atoms with E-state index < -0.39 is 0 Å². The van der Waals surface area contributed by atoms with Crippen molar-refractivity contribution >= 4 is 18.3 Å². The minimum atomic E-state index is -0.194. The Morgan fingerprint density at radius 1 is 1.53 bits per heavy atom. The molecule has 1 N–H and O–H groups in total. The molecule has 0 aromatic heterocycles. The minimum absolute atomic E-state index is 0. The van der Waals surface area contributed by atoms with Crippen molar-refractivity contribution in [1.82, 2.24) is 10.2 Å². The first-order valence-electron chi connectivity index (χ1n) is 6.20. The van der Waals surface area contributed by atoms with Gasteiger partial charge in [0.1, 0.15) is 0 Å². The first-order valence-corrected chi connectivity index (χ1v) is 6.20. The van der Waals surface area contributed by atoms with Crippen molar-refractivity contribution in [1.29, 1.82) is 0 Å². The Bertz CT molecular complexity index is 269. The lowest BCUT2D eigenvalue weighted by atomic mass is 9.68. The third-order valence-corrected chi connectivity index (χ3v) is 3.95. The van der Waals surface area contributed by atoms with E-state index in [0.717, 1.165) is 38.9 Å². The fourth-order valence-corrected chi connectivity index (χ4v) is 2.75. The zero-order chi connectivity index (χ0) is 11.6. The van der Waals surface area contributed by atoms with Crippen molar-refractivity contribution in [2.45, 2.75) is 32.2 Å². The third-order valence-electron chi connectivity index (χ3n) is 3.95. The Hall–Kier alpha value is -0.320. The van der Waals surface area contributed by atoms with E-state index in [4.69, 9.17) is 4.74 Å². The van der Waals surface area contributed by atoms with Crippen LogP contribution in [0.3, 0.4) is 0 Å². The van der Waals surface area contributed by atoms with Gasteiger partial charge in [-0.15, -0.1) is 12.4 Å². The topological polar surface area (TPSA) is 41.6 Å². The maximum Gasteiger partial charge on any atom is 0.231 e. The Labute approximate surface area is 109 Å². The van der Waals surface area contributed by atoms with Gasteiger partial charge in [-0.3, -0.25) is 4.79 Å². The number of ether oxygens (including phenoxy) is 1. The van der Waals surface area contributed by atoms with Crippen molar-refractivity contribution in [3.8, 4) is 0 Å². The van der Waals surface area contributed by atoms with Gasteiger partial charge in [0.15, 0.2) is 0 Å². The van der Waals surface area contributed by atoms with Gasteiger partial charge >= 0.3 is 0 Å². The van der Waals surface area contributed by atoms with Gasteiger partial charge in [0, 0.05) is 32.8 Å². The van der Waals surface area contributed by atoms with E-state index in [-0.39, 0.29) is 17.8 Å². The fourth-order valence-electron chi connectivity index (χ4n) is 2.75. The number of carbonyl (C=O) groups is 1. The molecule has 1 saturated carbocycles. The molecule has 2 aliphatic rings. The van der Waals surface area contributed by atoms with E-state index in [1.54, 1.807) is 7.11 Å². The molecule has 1 heterocycles. The Kier molecular flexibility index (Phi) is 5.22. The Morgan fingerprint density at radius 2 is 2.24 bits per heavy atom. The number of nitrogens with one attached hydrogen (secondary N) is 1. The number of rotatable bonds is 3. The molecule has 2 rings (SSSR count). The van der Waals surface area contributed by atoms with Gasteiger partial charge in [-0.2, -0.15) is 0 Å². The van der Waals surface area contributed by atoms with Crippen molar-refractivity contribution in [3.05, 3.63) is 0 Å². The van der Waals surface area contributed by atoms with Crippen LogP contribution >= 0.6 is 12.4 Å². The molecule has 0 bridgehead atoms. The Balaban J connectivity index is 0.00000144. The molecule has 1 aliphatic heterocycles. The zero-order valence-corrected chi connectivity index (χ0v) is 11.5. The lowest BCUT2D eigenvalue weighted by Gasteiger charge is -2.46. The summed E-state index contributed by atoms with van der Waals surface area (Å²) in [6.45, 7) is 5.37. The molecule has 1 saturated heterocycles. The SMILES string of the molecule is COCC1(C(=O)N2CCNCC2C)CCC1.Cl. The second-order valence-corrected chi connectivity index (χ2v) is 5.12. The predicted molar refractivity (Wildman–Crippen MR) is 69.5 cm³/mol. The van der Waals surface area contributed by atoms with Crippen molar-refractivity contribution in [2.75, 3.05) is 33.4 Å². The molecule has 0 aromatic rings. The summed E-state index contributed by atoms with van der Waals surface area (Å²) in [5, 5.41) is 3.31. The summed E-state index contributed by atoms with van der Waals surface area (Å²) in [5.74, 6) is 0.314. The van der Waals surface area contributed by atoms with Gasteiger partial charge in [0.05, 0.1) is 12.0 Å². The highest BCUT2D eigenvalue weighted by Gasteiger charge is 2.47. The smallest absolute Gasteiger partial charge is 0.231 e. The number of piperazine rings is 1. The molecule has 0 aromatic carbocycles. The molecule has 4 nitrogen and oxygen atoms in total. The molecular weight excluding hydrogens is 240 g/mol. The molecule has 1 atom stereocenters. The summed E-state index contributed by atoms with van der Waals surface area (Å²) < 4.78 is 5.23. The monoisotopic (exact) mass is 262 g/mol. The number of halogens is 1. The molecule has 2 fully saturated rings. The minimum Gasteiger partial charge on any atom is -0.384 e. The summed E-state index contributed by atoms with van der Waals surface area (Å²) in [7, 11) is 1.69. The largest absolute Gasteiger partial charge is 0.384 e. The molecule has 0 spiro atoms. The van der Waals surface area contributed by atoms with Crippen LogP contribution in [0.25, 0.3) is 0 Å². The number of amides is 1. The van der Waals surface area contributed by atoms with Gasteiger partial charge in [0.25, 0.3) is 0 Å². The Morgan fingerprint density at radius 3 is 2.71 bits per heavy atom. The number of carbonyl (C=O) groups excluding carboxylic acids is 1. The summed E-state index contributed by atoms with van der Waals surface area (Å²) in [4.78, 5) is 14.6. The quantitative estimate of drug-likeness (QED) is 0.827. The lowest BCUT2D eigenvalue weighted by molar-refractivity contribution is -0.155. The predicted octanol–water partition coefficient (Wildman–Crippen LogP) is 1.05. The van der Waals surface area contributed by atoms with E-state index >= 15 is 0 Å². The average molecular weight is 263 g/mol. The first-order chi connectivity index (χ1) is 7.69. The summed E-state index contributed by atoms with van der Waals surface area (Å²) in [6, 6.07) is 0.315. The highest BCUT2D eigenvalue weighted by atomic mass is 35.5. The maximum atomic E-state index is 12.5. The van der Waals surface area contributed by atoms with Crippen LogP contribution in [0, 0.1) is 5.41 Å². The molecule has 100 valence electrons. The van der Waals surface area contributed by atoms with Gasteiger partial charge in [-0.25, -0.2) is 0 Å². The molecular formula is C12H23ClN2O2. The number of hydrogen-bond acceptors (Lipinski definition) is 3.